The van der Waals surface area contributed by atoms with Crippen LogP contribution in [0.2, 0.25) is 0 Å². The van der Waals surface area contributed by atoms with E-state index in [1.807, 2.05) is 42.5 Å². The number of aliphatic hydroxyl groups excluding tert-OH is 1. The number of nitrogens with zero attached hydrogens (tertiary/aromatic N) is 2. The molecule has 1 heterocycles. The quantitative estimate of drug-likeness (QED) is 0.530. The average Bonchev–Trinajstić information content (AvgIpc) is 3.09. The molecule has 3 aromatic carbocycles. The topological polar surface area (TPSA) is 58.3 Å². The molecule has 0 unspecified atom stereocenters. The molecule has 0 amide bonds. The molecule has 0 aliphatic rings. The fraction of sp³-hybridized carbons (Fsp3) is 0.174. The van der Waals surface area contributed by atoms with Crippen LogP contribution < -0.4 is 0 Å². The molecule has 0 aliphatic carbocycles. The molecule has 0 fully saturated rings. The van der Waals surface area contributed by atoms with Gasteiger partial charge in [-0.15, -0.1) is 0 Å². The summed E-state index contributed by atoms with van der Waals surface area (Å²) in [5.74, 6) is 0.246. The molecule has 0 saturated carbocycles. The third kappa shape index (κ3) is 3.09. The maximum atomic E-state index is 9.60. The van der Waals surface area contributed by atoms with Crippen LogP contribution in [0.25, 0.3) is 33.3 Å². The highest BCUT2D eigenvalue weighted by molar-refractivity contribution is 6.01. The second-order valence-corrected chi connectivity index (χ2v) is 6.99. The first-order valence-electron chi connectivity index (χ1n) is 9.09. The summed E-state index contributed by atoms with van der Waals surface area (Å²) < 4.78 is 2.06. The van der Waals surface area contributed by atoms with Crippen molar-refractivity contribution in [2.24, 2.45) is 0 Å². The fourth-order valence-corrected chi connectivity index (χ4v) is 3.42. The van der Waals surface area contributed by atoms with E-state index in [-0.39, 0.29) is 18.4 Å². The summed E-state index contributed by atoms with van der Waals surface area (Å²) in [5, 5.41) is 24.9. The standard InChI is InChI=1S/C23H22N2O2/c1-15(2)25-23-20(17-8-6-16(14-26)7-9-17)4-3-5-21(23)22(24-25)18-10-12-19(27)13-11-18/h3-13,15,26-27H,14H2,1-2H3. The first kappa shape index (κ1) is 17.3. The van der Waals surface area contributed by atoms with Crippen LogP contribution in [-0.4, -0.2) is 20.0 Å². The first-order valence-corrected chi connectivity index (χ1v) is 9.09. The zero-order valence-electron chi connectivity index (χ0n) is 15.4. The van der Waals surface area contributed by atoms with Gasteiger partial charge in [0, 0.05) is 22.6 Å². The van der Waals surface area contributed by atoms with Gasteiger partial charge in [0.2, 0.25) is 0 Å². The van der Waals surface area contributed by atoms with Gasteiger partial charge in [0.25, 0.3) is 0 Å². The van der Waals surface area contributed by atoms with Gasteiger partial charge in [-0.1, -0.05) is 42.5 Å². The minimum atomic E-state index is 0.0411. The van der Waals surface area contributed by atoms with E-state index in [9.17, 15) is 10.2 Å². The number of fused-ring (bicyclic) bond motifs is 1. The Hall–Kier alpha value is -3.11. The van der Waals surface area contributed by atoms with Gasteiger partial charge in [-0.25, -0.2) is 0 Å². The predicted octanol–water partition coefficient (Wildman–Crippen LogP) is 5.15. The number of aromatic hydroxyl groups is 1. The van der Waals surface area contributed by atoms with Crippen LogP contribution in [0, 0.1) is 0 Å². The number of benzene rings is 3. The van der Waals surface area contributed by atoms with Crippen molar-refractivity contribution in [3.63, 3.8) is 0 Å². The Morgan fingerprint density at radius 3 is 2.19 bits per heavy atom. The van der Waals surface area contributed by atoms with Crippen molar-refractivity contribution in [1.82, 2.24) is 9.78 Å². The molecule has 0 bridgehead atoms. The number of aliphatic hydroxyl groups is 1. The van der Waals surface area contributed by atoms with E-state index in [1.54, 1.807) is 12.1 Å². The van der Waals surface area contributed by atoms with Crippen LogP contribution in [0.3, 0.4) is 0 Å². The van der Waals surface area contributed by atoms with E-state index in [0.29, 0.717) is 0 Å². The lowest BCUT2D eigenvalue weighted by molar-refractivity contribution is 0.282. The van der Waals surface area contributed by atoms with E-state index in [0.717, 1.165) is 38.9 Å². The predicted molar refractivity (Wildman–Crippen MR) is 109 cm³/mol. The average molecular weight is 358 g/mol. The molecule has 4 aromatic rings. The van der Waals surface area contributed by atoms with Gasteiger partial charge in [0.05, 0.1) is 12.1 Å². The van der Waals surface area contributed by atoms with E-state index in [1.165, 1.54) is 0 Å². The SMILES string of the molecule is CC(C)n1nc(-c2ccc(O)cc2)c2cccc(-c3ccc(CO)cc3)c21. The lowest BCUT2D eigenvalue weighted by atomic mass is 9.99. The molecule has 0 spiro atoms. The Kier molecular flexibility index (Phi) is 4.42. The molecule has 4 heteroatoms. The smallest absolute Gasteiger partial charge is 0.115 e. The molecular formula is C23H22N2O2. The Bertz CT molecular complexity index is 1080. The van der Waals surface area contributed by atoms with Crippen molar-refractivity contribution in [1.29, 1.82) is 0 Å². The first-order chi connectivity index (χ1) is 13.1. The van der Waals surface area contributed by atoms with Gasteiger partial charge in [-0.3, -0.25) is 4.68 Å². The van der Waals surface area contributed by atoms with E-state index >= 15 is 0 Å². The second-order valence-electron chi connectivity index (χ2n) is 6.99. The van der Waals surface area contributed by atoms with Gasteiger partial charge < -0.3 is 10.2 Å². The number of aromatic nitrogens is 2. The molecule has 4 nitrogen and oxygen atoms in total. The Labute approximate surface area is 158 Å². The third-order valence-electron chi connectivity index (χ3n) is 4.81. The molecule has 2 N–H and O–H groups in total. The number of phenolic OH excluding ortho intramolecular Hbond substituents is 1. The minimum Gasteiger partial charge on any atom is -0.508 e. The van der Waals surface area contributed by atoms with Crippen LogP contribution in [0.15, 0.2) is 66.7 Å². The summed E-state index contributed by atoms with van der Waals surface area (Å²) in [6.45, 7) is 4.29. The normalized spacial score (nSPS) is 11.4. The lowest BCUT2D eigenvalue weighted by Gasteiger charge is -2.11. The fourth-order valence-electron chi connectivity index (χ4n) is 3.42. The molecule has 0 aliphatic heterocycles. The van der Waals surface area contributed by atoms with E-state index in [2.05, 4.69) is 30.7 Å². The monoisotopic (exact) mass is 358 g/mol. The molecule has 0 radical (unpaired) electrons. The van der Waals surface area contributed by atoms with Crippen LogP contribution in [-0.2, 0) is 6.61 Å². The van der Waals surface area contributed by atoms with Crippen molar-refractivity contribution >= 4 is 10.9 Å². The zero-order chi connectivity index (χ0) is 19.0. The highest BCUT2D eigenvalue weighted by Gasteiger charge is 2.18. The van der Waals surface area contributed by atoms with Gasteiger partial charge in [0.1, 0.15) is 11.4 Å². The molecule has 0 saturated heterocycles. The van der Waals surface area contributed by atoms with Crippen LogP contribution in [0.4, 0.5) is 0 Å². The second kappa shape index (κ2) is 6.89. The number of hydrogen-bond acceptors (Lipinski definition) is 3. The number of para-hydroxylation sites is 1. The molecule has 136 valence electrons. The number of rotatable bonds is 4. The van der Waals surface area contributed by atoms with E-state index in [4.69, 9.17) is 5.10 Å². The summed E-state index contributed by atoms with van der Waals surface area (Å²) in [4.78, 5) is 0. The summed E-state index contributed by atoms with van der Waals surface area (Å²) >= 11 is 0. The molecule has 0 atom stereocenters. The maximum Gasteiger partial charge on any atom is 0.115 e. The highest BCUT2D eigenvalue weighted by atomic mass is 16.3. The van der Waals surface area contributed by atoms with Crippen LogP contribution in [0.1, 0.15) is 25.5 Å². The molecule has 1 aromatic heterocycles. The zero-order valence-corrected chi connectivity index (χ0v) is 15.4. The van der Waals surface area contributed by atoms with Gasteiger partial charge in [0.15, 0.2) is 0 Å². The largest absolute Gasteiger partial charge is 0.508 e. The highest BCUT2D eigenvalue weighted by Crippen LogP contribution is 2.36. The van der Waals surface area contributed by atoms with Gasteiger partial charge in [-0.05, 0) is 49.2 Å². The van der Waals surface area contributed by atoms with Gasteiger partial charge in [-0.2, -0.15) is 5.10 Å². The van der Waals surface area contributed by atoms with E-state index < -0.39 is 0 Å². The summed E-state index contributed by atoms with van der Waals surface area (Å²) in [7, 11) is 0. The van der Waals surface area contributed by atoms with Crippen molar-refractivity contribution in [3.05, 3.63) is 72.3 Å². The summed E-state index contributed by atoms with van der Waals surface area (Å²) in [6.07, 6.45) is 0. The minimum absolute atomic E-state index is 0.0411. The van der Waals surface area contributed by atoms with Crippen LogP contribution >= 0.6 is 0 Å². The van der Waals surface area contributed by atoms with Gasteiger partial charge >= 0.3 is 0 Å². The molecule has 27 heavy (non-hydrogen) atoms. The Balaban J connectivity index is 1.97. The Morgan fingerprint density at radius 2 is 1.56 bits per heavy atom. The van der Waals surface area contributed by atoms with Crippen LogP contribution in [0.5, 0.6) is 5.75 Å². The van der Waals surface area contributed by atoms with Crippen molar-refractivity contribution in [3.8, 4) is 28.1 Å². The molecular weight excluding hydrogens is 336 g/mol. The maximum absolute atomic E-state index is 9.60. The Morgan fingerprint density at radius 1 is 0.889 bits per heavy atom. The third-order valence-corrected chi connectivity index (χ3v) is 4.81. The number of phenols is 1. The number of hydrogen-bond donors (Lipinski definition) is 2. The summed E-state index contributed by atoms with van der Waals surface area (Å²) in [5.41, 5.74) is 6.08. The van der Waals surface area contributed by atoms with Crippen molar-refractivity contribution in [2.45, 2.75) is 26.5 Å². The van der Waals surface area contributed by atoms with Crippen molar-refractivity contribution in [2.75, 3.05) is 0 Å². The summed E-state index contributed by atoms with van der Waals surface area (Å²) in [6, 6.07) is 21.6. The lowest BCUT2D eigenvalue weighted by Crippen LogP contribution is -2.03. The molecule has 4 rings (SSSR count). The van der Waals surface area contributed by atoms with Crippen molar-refractivity contribution < 1.29 is 10.2 Å².